The van der Waals surface area contributed by atoms with Crippen LogP contribution in [0.25, 0.3) is 0 Å². The van der Waals surface area contributed by atoms with Gasteiger partial charge in [0.25, 0.3) is 7.82 Å². The number of nitrogens with zero attached hydrogens (tertiary/aromatic N) is 1. The van der Waals surface area contributed by atoms with Gasteiger partial charge in [0, 0.05) is 12.8 Å². The number of phosphoric acid groups is 1. The molecular weight excluding hydrogens is 1060 g/mol. The van der Waals surface area contributed by atoms with E-state index in [9.17, 15) is 19.0 Å². The molecule has 0 amide bonds. The molecule has 84 heavy (non-hydrogen) atoms. The number of hydrogen-bond acceptors (Lipinski definition) is 8. The monoisotopic (exact) mass is 1200 g/mol. The molecule has 0 heterocycles. The molecule has 0 spiro atoms. The molecule has 0 N–H and O–H groups in total. The molecule has 0 radical (unpaired) electrons. The summed E-state index contributed by atoms with van der Waals surface area (Å²) in [5.41, 5.74) is 0. The third kappa shape index (κ3) is 68.8. The highest BCUT2D eigenvalue weighted by molar-refractivity contribution is 7.45. The molecule has 0 saturated heterocycles. The van der Waals surface area contributed by atoms with Gasteiger partial charge in [0.05, 0.1) is 27.7 Å². The maximum absolute atomic E-state index is 12.8. The molecule has 2 unspecified atom stereocenters. The molecule has 0 aromatic carbocycles. The first-order chi connectivity index (χ1) is 41.0. The number of ether oxygens (including phenoxy) is 2. The van der Waals surface area contributed by atoms with Crippen LogP contribution in [0.2, 0.25) is 0 Å². The van der Waals surface area contributed by atoms with Gasteiger partial charge in [0.2, 0.25) is 0 Å². The molecule has 0 aromatic heterocycles. The topological polar surface area (TPSA) is 111 Å². The van der Waals surface area contributed by atoms with Gasteiger partial charge in [-0.15, -0.1) is 0 Å². The Morgan fingerprint density at radius 1 is 0.369 bits per heavy atom. The Balaban J connectivity index is 3.88. The van der Waals surface area contributed by atoms with Gasteiger partial charge in [-0.2, -0.15) is 0 Å². The number of phosphoric ester groups is 1. The minimum atomic E-state index is -4.64. The number of esters is 2. The molecule has 0 aliphatic rings. The van der Waals surface area contributed by atoms with Gasteiger partial charge < -0.3 is 27.9 Å². The number of carbonyl (C=O) groups is 2. The Labute approximate surface area is 521 Å². The van der Waals surface area contributed by atoms with Crippen molar-refractivity contribution in [2.45, 2.75) is 354 Å². The minimum absolute atomic E-state index is 0.0334. The van der Waals surface area contributed by atoms with E-state index >= 15 is 0 Å². The number of likely N-dealkylation sites (N-methyl/N-ethyl adjacent to an activating group) is 1. The van der Waals surface area contributed by atoms with Crippen molar-refractivity contribution in [3.05, 3.63) is 60.8 Å². The summed E-state index contributed by atoms with van der Waals surface area (Å²) < 4.78 is 34.3. The first kappa shape index (κ1) is 81.7. The number of quaternary nitrogens is 1. The van der Waals surface area contributed by atoms with Crippen LogP contribution in [0, 0.1) is 0 Å². The van der Waals surface area contributed by atoms with E-state index in [1.165, 1.54) is 238 Å². The third-order valence-electron chi connectivity index (χ3n) is 16.0. The molecule has 0 aliphatic heterocycles. The molecule has 0 aromatic rings. The van der Waals surface area contributed by atoms with Crippen LogP contribution in [0.15, 0.2) is 60.8 Å². The molecule has 0 rings (SSSR count). The first-order valence-electron chi connectivity index (χ1n) is 36.0. The molecule has 492 valence electrons. The van der Waals surface area contributed by atoms with E-state index in [0.29, 0.717) is 17.4 Å². The van der Waals surface area contributed by atoms with E-state index in [2.05, 4.69) is 74.6 Å². The standard InChI is InChI=1S/C74H138NO8P/c1-6-8-10-12-14-16-18-20-22-24-26-27-28-29-30-31-32-33-34-35-36-37-38-39-40-41-42-43-44-45-46-47-49-50-52-54-56-58-60-62-64-66-73(76)80-70-72(71-82-84(78,79)81-69-68-75(3,4)5)83-74(77)67-65-63-61-59-57-55-53-51-48-25-23-21-19-17-15-13-11-9-7-2/h15,17-18,20-21,23-24,26,48,51,72H,6-14,16,19,22,25,27-47,49-50,52-71H2,1-5H3/b17-15-,20-18-,23-21-,26-24-,51-48-. The number of unbranched alkanes of at least 4 members (excludes halogenated alkanes) is 43. The molecule has 9 nitrogen and oxygen atoms in total. The molecule has 0 bridgehead atoms. The summed E-state index contributed by atoms with van der Waals surface area (Å²) in [6.45, 7) is 4.23. The van der Waals surface area contributed by atoms with E-state index in [-0.39, 0.29) is 32.0 Å². The van der Waals surface area contributed by atoms with Crippen LogP contribution in [-0.2, 0) is 32.7 Å². The summed E-state index contributed by atoms with van der Waals surface area (Å²) in [6.07, 6.45) is 86.2. The van der Waals surface area contributed by atoms with Crippen LogP contribution in [-0.4, -0.2) is 70.0 Å². The van der Waals surface area contributed by atoms with E-state index in [1.807, 2.05) is 21.1 Å². The van der Waals surface area contributed by atoms with Gasteiger partial charge in [-0.3, -0.25) is 14.2 Å². The van der Waals surface area contributed by atoms with Gasteiger partial charge in [-0.25, -0.2) is 0 Å². The lowest BCUT2D eigenvalue weighted by Gasteiger charge is -2.28. The third-order valence-corrected chi connectivity index (χ3v) is 17.0. The minimum Gasteiger partial charge on any atom is -0.756 e. The van der Waals surface area contributed by atoms with Gasteiger partial charge in [-0.05, 0) is 83.5 Å². The Morgan fingerprint density at radius 3 is 0.976 bits per heavy atom. The van der Waals surface area contributed by atoms with Crippen LogP contribution in [0.1, 0.15) is 348 Å². The molecule has 10 heteroatoms. The van der Waals surface area contributed by atoms with Crippen molar-refractivity contribution in [1.29, 1.82) is 0 Å². The normalized spacial score (nSPS) is 13.5. The average Bonchev–Trinajstić information content (AvgIpc) is 3.61. The van der Waals surface area contributed by atoms with E-state index in [0.717, 1.165) is 77.0 Å². The van der Waals surface area contributed by atoms with Gasteiger partial charge in [-0.1, -0.05) is 312 Å². The number of carbonyl (C=O) groups excluding carboxylic acids is 2. The fourth-order valence-corrected chi connectivity index (χ4v) is 11.2. The highest BCUT2D eigenvalue weighted by atomic mass is 31.2. The fraction of sp³-hybridized carbons (Fsp3) is 0.838. The maximum Gasteiger partial charge on any atom is 0.306 e. The van der Waals surface area contributed by atoms with Crippen LogP contribution in [0.5, 0.6) is 0 Å². The largest absolute Gasteiger partial charge is 0.756 e. The van der Waals surface area contributed by atoms with Gasteiger partial charge >= 0.3 is 11.9 Å². The predicted octanol–water partition coefficient (Wildman–Crippen LogP) is 22.8. The number of allylic oxidation sites excluding steroid dienone is 10. The lowest BCUT2D eigenvalue weighted by atomic mass is 10.0. The van der Waals surface area contributed by atoms with Crippen LogP contribution in [0.4, 0.5) is 0 Å². The van der Waals surface area contributed by atoms with Crippen LogP contribution in [0.3, 0.4) is 0 Å². The Hall–Kier alpha value is -2.29. The molecule has 0 saturated carbocycles. The van der Waals surface area contributed by atoms with Crippen molar-refractivity contribution < 1.29 is 42.1 Å². The summed E-state index contributed by atoms with van der Waals surface area (Å²) in [5.74, 6) is -0.835. The zero-order valence-electron chi connectivity index (χ0n) is 56.1. The summed E-state index contributed by atoms with van der Waals surface area (Å²) >= 11 is 0. The number of rotatable bonds is 67. The van der Waals surface area contributed by atoms with Crippen LogP contribution < -0.4 is 4.89 Å². The zero-order chi connectivity index (χ0) is 61.2. The second-order valence-corrected chi connectivity index (χ2v) is 27.0. The smallest absolute Gasteiger partial charge is 0.306 e. The van der Waals surface area contributed by atoms with Crippen molar-refractivity contribution in [2.75, 3.05) is 47.5 Å². The van der Waals surface area contributed by atoms with Crippen molar-refractivity contribution in [3.8, 4) is 0 Å². The highest BCUT2D eigenvalue weighted by Crippen LogP contribution is 2.38. The quantitative estimate of drug-likeness (QED) is 0.0195. The van der Waals surface area contributed by atoms with Crippen molar-refractivity contribution >= 4 is 19.8 Å². The van der Waals surface area contributed by atoms with Crippen molar-refractivity contribution in [2.24, 2.45) is 0 Å². The molecule has 0 aliphatic carbocycles. The molecule has 2 atom stereocenters. The highest BCUT2D eigenvalue weighted by Gasteiger charge is 2.22. The SMILES string of the molecule is CCCCC/C=C\C/C=C\C/C=C\CCCCCCCCC(=O)OC(COC(=O)CCCCCCCCCCCCCCCCCCCCCCCCCCCCCCC/C=C\C/C=C\CCCCCCC)COP(=O)([O-])OCC[N+](C)(C)C. The van der Waals surface area contributed by atoms with Crippen LogP contribution >= 0.6 is 7.82 Å². The summed E-state index contributed by atoms with van der Waals surface area (Å²) in [4.78, 5) is 38.0. The molecular formula is C74H138NO8P. The van der Waals surface area contributed by atoms with Crippen molar-refractivity contribution in [1.82, 2.24) is 0 Å². The Bertz CT molecular complexity index is 1600. The summed E-state index contributed by atoms with van der Waals surface area (Å²) in [6, 6.07) is 0. The summed E-state index contributed by atoms with van der Waals surface area (Å²) in [5, 5.41) is 0. The lowest BCUT2D eigenvalue weighted by Crippen LogP contribution is -2.37. The van der Waals surface area contributed by atoms with E-state index in [1.54, 1.807) is 0 Å². The van der Waals surface area contributed by atoms with E-state index < -0.39 is 26.5 Å². The predicted molar refractivity (Wildman–Crippen MR) is 360 cm³/mol. The van der Waals surface area contributed by atoms with Gasteiger partial charge in [0.1, 0.15) is 19.8 Å². The van der Waals surface area contributed by atoms with E-state index in [4.69, 9.17) is 18.5 Å². The van der Waals surface area contributed by atoms with Crippen molar-refractivity contribution in [3.63, 3.8) is 0 Å². The lowest BCUT2D eigenvalue weighted by molar-refractivity contribution is -0.870. The number of hydrogen-bond donors (Lipinski definition) is 0. The molecule has 0 fully saturated rings. The first-order valence-corrected chi connectivity index (χ1v) is 37.5. The second-order valence-electron chi connectivity index (χ2n) is 25.6. The second kappa shape index (κ2) is 65.2. The van der Waals surface area contributed by atoms with Gasteiger partial charge in [0.15, 0.2) is 6.10 Å². The Kier molecular flexibility index (Phi) is 63.4. The maximum atomic E-state index is 12.8. The Morgan fingerprint density at radius 2 is 0.643 bits per heavy atom. The summed E-state index contributed by atoms with van der Waals surface area (Å²) in [7, 11) is 1.17. The fourth-order valence-electron chi connectivity index (χ4n) is 10.5. The average molecular weight is 1200 g/mol. The zero-order valence-corrected chi connectivity index (χ0v) is 57.0.